The molecule has 0 saturated heterocycles. The van der Waals surface area contributed by atoms with Crippen LogP contribution in [-0.4, -0.2) is 5.11 Å². The molecule has 0 spiro atoms. The van der Waals surface area contributed by atoms with Crippen molar-refractivity contribution in [2.24, 2.45) is 5.84 Å². The number of nitrogens with two attached hydrogens (primary N) is 1. The molecule has 0 heterocycles. The Morgan fingerprint density at radius 2 is 1.29 bits per heavy atom. The Labute approximate surface area is 104 Å². The molecule has 3 nitrogen and oxygen atoms in total. The number of phenols is 1. The van der Waals surface area contributed by atoms with E-state index in [1.165, 1.54) is 0 Å². The van der Waals surface area contributed by atoms with Gasteiger partial charge >= 0.3 is 0 Å². The largest absolute Gasteiger partial charge is 0.507 e. The summed E-state index contributed by atoms with van der Waals surface area (Å²) < 4.78 is 0. The maximum Gasteiger partial charge on any atom is 0.123 e. The smallest absolute Gasteiger partial charge is 0.123 e. The highest BCUT2D eigenvalue weighted by Crippen LogP contribution is 2.40. The van der Waals surface area contributed by atoms with Crippen LogP contribution in [0.4, 0.5) is 5.69 Å². The Kier molecular flexibility index (Phi) is 3.44. The van der Waals surface area contributed by atoms with Crippen molar-refractivity contribution >= 4 is 5.69 Å². The Hall–Kier alpha value is -1.22. The first-order valence-electron chi connectivity index (χ1n) is 5.92. The highest BCUT2D eigenvalue weighted by atomic mass is 16.3. The summed E-state index contributed by atoms with van der Waals surface area (Å²) in [7, 11) is 0. The predicted molar refractivity (Wildman–Crippen MR) is 73.3 cm³/mol. The summed E-state index contributed by atoms with van der Waals surface area (Å²) in [5, 5.41) is 10.4. The summed E-state index contributed by atoms with van der Waals surface area (Å²) in [6.45, 7) is 12.5. The van der Waals surface area contributed by atoms with Gasteiger partial charge in [-0.2, -0.15) is 0 Å². The van der Waals surface area contributed by atoms with E-state index >= 15 is 0 Å². The molecule has 96 valence electrons. The van der Waals surface area contributed by atoms with Gasteiger partial charge in [-0.3, -0.25) is 5.84 Å². The molecule has 0 amide bonds. The van der Waals surface area contributed by atoms with Crippen LogP contribution in [-0.2, 0) is 10.8 Å². The molecule has 3 heteroatoms. The van der Waals surface area contributed by atoms with Gasteiger partial charge in [-0.1, -0.05) is 41.5 Å². The summed E-state index contributed by atoms with van der Waals surface area (Å²) in [5.74, 6) is 5.87. The van der Waals surface area contributed by atoms with Crippen LogP contribution < -0.4 is 11.3 Å². The molecule has 0 aliphatic heterocycles. The summed E-state index contributed by atoms with van der Waals surface area (Å²) >= 11 is 0. The number of rotatable bonds is 1. The fraction of sp³-hybridized carbons (Fsp3) is 0.571. The minimum Gasteiger partial charge on any atom is -0.507 e. The zero-order valence-electron chi connectivity index (χ0n) is 11.7. The third-order valence-corrected chi connectivity index (χ3v) is 2.89. The van der Waals surface area contributed by atoms with Gasteiger partial charge in [0, 0.05) is 16.8 Å². The van der Waals surface area contributed by atoms with Crippen molar-refractivity contribution < 1.29 is 5.11 Å². The van der Waals surface area contributed by atoms with Crippen molar-refractivity contribution in [3.63, 3.8) is 0 Å². The summed E-state index contributed by atoms with van der Waals surface area (Å²) in [4.78, 5) is 0. The number of hydrogen-bond acceptors (Lipinski definition) is 3. The Morgan fingerprint density at radius 1 is 0.941 bits per heavy atom. The fourth-order valence-electron chi connectivity index (χ4n) is 1.86. The van der Waals surface area contributed by atoms with Gasteiger partial charge in [0.1, 0.15) is 5.75 Å². The van der Waals surface area contributed by atoms with Crippen LogP contribution in [0.2, 0.25) is 0 Å². The second kappa shape index (κ2) is 4.22. The van der Waals surface area contributed by atoms with Gasteiger partial charge in [-0.15, -0.1) is 0 Å². The topological polar surface area (TPSA) is 58.3 Å². The molecule has 0 aliphatic carbocycles. The molecule has 0 saturated carbocycles. The first-order valence-corrected chi connectivity index (χ1v) is 5.92. The molecular formula is C14H24N2O. The minimum atomic E-state index is -0.114. The van der Waals surface area contributed by atoms with E-state index in [1.807, 2.05) is 12.1 Å². The van der Waals surface area contributed by atoms with Gasteiger partial charge in [0.05, 0.1) is 0 Å². The third kappa shape index (κ3) is 2.91. The van der Waals surface area contributed by atoms with Crippen molar-refractivity contribution in [3.8, 4) is 5.75 Å². The van der Waals surface area contributed by atoms with E-state index in [-0.39, 0.29) is 10.8 Å². The van der Waals surface area contributed by atoms with Crippen molar-refractivity contribution in [1.29, 1.82) is 0 Å². The third-order valence-electron chi connectivity index (χ3n) is 2.89. The van der Waals surface area contributed by atoms with Crippen LogP contribution in [0.5, 0.6) is 5.75 Å². The van der Waals surface area contributed by atoms with Crippen molar-refractivity contribution in [1.82, 2.24) is 0 Å². The number of anilines is 1. The number of phenolic OH excluding ortho intramolecular Hbond substituents is 1. The standard InChI is InChI=1S/C14H24N2O/c1-13(2,3)10-7-9(16-15)8-11(12(10)17)14(4,5)6/h7-8,16-17H,15H2,1-6H3. The monoisotopic (exact) mass is 236 g/mol. The maximum absolute atomic E-state index is 10.4. The van der Waals surface area contributed by atoms with Gasteiger partial charge in [0.25, 0.3) is 0 Å². The summed E-state index contributed by atoms with van der Waals surface area (Å²) in [5.41, 5.74) is 5.10. The molecule has 0 fully saturated rings. The molecule has 0 atom stereocenters. The lowest BCUT2D eigenvalue weighted by Crippen LogP contribution is -2.19. The van der Waals surface area contributed by atoms with Crippen molar-refractivity contribution in [3.05, 3.63) is 23.3 Å². The summed E-state index contributed by atoms with van der Waals surface area (Å²) in [6.07, 6.45) is 0. The first-order chi connectivity index (χ1) is 7.57. The number of benzene rings is 1. The molecular weight excluding hydrogens is 212 g/mol. The van der Waals surface area contributed by atoms with Crippen LogP contribution in [0.25, 0.3) is 0 Å². The van der Waals surface area contributed by atoms with E-state index in [4.69, 9.17) is 5.84 Å². The van der Waals surface area contributed by atoms with Gasteiger partial charge in [0.15, 0.2) is 0 Å². The highest BCUT2D eigenvalue weighted by molar-refractivity contribution is 5.58. The van der Waals surface area contributed by atoms with Crippen molar-refractivity contribution in [2.75, 3.05) is 5.43 Å². The molecule has 17 heavy (non-hydrogen) atoms. The SMILES string of the molecule is CC(C)(C)c1cc(NN)cc(C(C)(C)C)c1O. The quantitative estimate of drug-likeness (QED) is 0.398. The molecule has 1 rings (SSSR count). The number of hydrogen-bond donors (Lipinski definition) is 3. The molecule has 0 bridgehead atoms. The van der Waals surface area contributed by atoms with Crippen molar-refractivity contribution in [2.45, 2.75) is 52.4 Å². The highest BCUT2D eigenvalue weighted by Gasteiger charge is 2.26. The van der Waals surface area contributed by atoms with E-state index in [1.54, 1.807) is 0 Å². The van der Waals surface area contributed by atoms with Crippen LogP contribution in [0.3, 0.4) is 0 Å². The molecule has 4 N–H and O–H groups in total. The summed E-state index contributed by atoms with van der Waals surface area (Å²) in [6, 6.07) is 3.81. The normalized spacial score (nSPS) is 12.6. The Balaban J connectivity index is 3.53. The molecule has 1 aromatic rings. The lowest BCUT2D eigenvalue weighted by molar-refractivity contribution is 0.423. The van der Waals surface area contributed by atoms with E-state index in [9.17, 15) is 5.11 Å². The average Bonchev–Trinajstić information content (AvgIpc) is 2.14. The van der Waals surface area contributed by atoms with Crippen LogP contribution in [0, 0.1) is 0 Å². The Bertz CT molecular complexity index is 376. The second-order valence-electron chi connectivity index (χ2n) is 6.56. The molecule has 0 radical (unpaired) electrons. The van der Waals surface area contributed by atoms with Gasteiger partial charge in [-0.05, 0) is 23.0 Å². The van der Waals surface area contributed by atoms with Crippen LogP contribution >= 0.6 is 0 Å². The average molecular weight is 236 g/mol. The minimum absolute atomic E-state index is 0.114. The van der Waals surface area contributed by atoms with Crippen LogP contribution in [0.1, 0.15) is 52.7 Å². The number of aromatic hydroxyl groups is 1. The Morgan fingerprint density at radius 3 is 1.53 bits per heavy atom. The number of nitrogen functional groups attached to an aromatic ring is 1. The fourth-order valence-corrected chi connectivity index (χ4v) is 1.86. The van der Waals surface area contributed by atoms with E-state index in [0.29, 0.717) is 5.75 Å². The molecule has 0 aromatic heterocycles. The van der Waals surface area contributed by atoms with Gasteiger partial charge < -0.3 is 10.5 Å². The van der Waals surface area contributed by atoms with Gasteiger partial charge in [0.2, 0.25) is 0 Å². The lowest BCUT2D eigenvalue weighted by Gasteiger charge is -2.28. The number of nitrogens with one attached hydrogen (secondary N) is 1. The molecule has 0 unspecified atom stereocenters. The van der Waals surface area contributed by atoms with Crippen LogP contribution in [0.15, 0.2) is 12.1 Å². The van der Waals surface area contributed by atoms with E-state index < -0.39 is 0 Å². The maximum atomic E-state index is 10.4. The number of hydrazine groups is 1. The second-order valence-corrected chi connectivity index (χ2v) is 6.56. The first kappa shape index (κ1) is 13.8. The zero-order chi connectivity index (χ0) is 13.4. The van der Waals surface area contributed by atoms with Gasteiger partial charge in [-0.25, -0.2) is 0 Å². The predicted octanol–water partition coefficient (Wildman–Crippen LogP) is 3.27. The zero-order valence-corrected chi connectivity index (χ0v) is 11.7. The molecule has 0 aliphatic rings. The van der Waals surface area contributed by atoms with E-state index in [0.717, 1.165) is 16.8 Å². The van der Waals surface area contributed by atoms with E-state index in [2.05, 4.69) is 47.0 Å². The lowest BCUT2D eigenvalue weighted by atomic mass is 9.79. The molecule has 1 aromatic carbocycles.